The molecule has 1 aromatic carbocycles. The number of carboxylic acid groups (broad SMARTS) is 2. The maximum Gasteiger partial charge on any atom is 0.326 e. The van der Waals surface area contributed by atoms with Crippen LogP contribution in [0, 0.1) is 0 Å². The molecule has 0 spiro atoms. The van der Waals surface area contributed by atoms with E-state index < -0.39 is 72.8 Å². The number of aliphatic hydroxyl groups excluding tert-OH is 1. The van der Waals surface area contributed by atoms with Crippen LogP contribution in [0.4, 0.5) is 0 Å². The first-order valence-electron chi connectivity index (χ1n) is 10.5. The van der Waals surface area contributed by atoms with Gasteiger partial charge in [0, 0.05) is 12.8 Å². The van der Waals surface area contributed by atoms with E-state index >= 15 is 0 Å². The Bertz CT molecular complexity index is 925. The van der Waals surface area contributed by atoms with Gasteiger partial charge in [0.2, 0.25) is 23.6 Å². The molecule has 0 radical (unpaired) electrons. The van der Waals surface area contributed by atoms with E-state index in [1.807, 2.05) is 0 Å². The van der Waals surface area contributed by atoms with Gasteiger partial charge in [-0.25, -0.2) is 4.79 Å². The SMILES string of the molecule is NC(=O)CCC(N)C(=O)NC(CC(=O)O)C(=O)NC(CO)C(=O)NC(Cc1ccccc1)C(=O)O. The van der Waals surface area contributed by atoms with Crippen LogP contribution in [0.3, 0.4) is 0 Å². The molecule has 14 nitrogen and oxygen atoms in total. The van der Waals surface area contributed by atoms with Gasteiger partial charge in [-0.1, -0.05) is 30.3 Å². The monoisotopic (exact) mass is 495 g/mol. The lowest BCUT2D eigenvalue weighted by Crippen LogP contribution is -2.58. The number of carbonyl (C=O) groups excluding carboxylic acids is 4. The third kappa shape index (κ3) is 10.6. The Morgan fingerprint density at radius 2 is 1.37 bits per heavy atom. The van der Waals surface area contributed by atoms with Gasteiger partial charge in [-0.15, -0.1) is 0 Å². The average Bonchev–Trinajstić information content (AvgIpc) is 2.79. The molecular weight excluding hydrogens is 466 g/mol. The van der Waals surface area contributed by atoms with Gasteiger partial charge in [0.05, 0.1) is 19.1 Å². The third-order valence-electron chi connectivity index (χ3n) is 4.76. The Labute approximate surface area is 200 Å². The molecule has 4 atom stereocenters. The van der Waals surface area contributed by atoms with Gasteiger partial charge < -0.3 is 42.7 Å². The molecule has 4 amide bonds. The molecule has 1 rings (SSSR count). The first kappa shape index (κ1) is 29.0. The van der Waals surface area contributed by atoms with Crippen molar-refractivity contribution in [2.75, 3.05) is 6.61 Å². The minimum atomic E-state index is -1.68. The van der Waals surface area contributed by atoms with E-state index in [-0.39, 0.29) is 19.3 Å². The predicted octanol–water partition coefficient (Wildman–Crippen LogP) is -3.17. The van der Waals surface area contributed by atoms with Crippen LogP contribution in [0.1, 0.15) is 24.8 Å². The summed E-state index contributed by atoms with van der Waals surface area (Å²) in [6.07, 6.45) is -1.33. The fraction of sp³-hybridized carbons (Fsp3) is 0.429. The highest BCUT2D eigenvalue weighted by molar-refractivity contribution is 5.95. The molecule has 0 heterocycles. The van der Waals surface area contributed by atoms with E-state index in [0.717, 1.165) is 0 Å². The van der Waals surface area contributed by atoms with Crippen molar-refractivity contribution >= 4 is 35.6 Å². The molecular formula is C21H29N5O9. The molecule has 0 bridgehead atoms. The van der Waals surface area contributed by atoms with Crippen LogP contribution < -0.4 is 27.4 Å². The molecule has 4 unspecified atom stereocenters. The summed E-state index contributed by atoms with van der Waals surface area (Å²) in [5.74, 6) is -6.64. The average molecular weight is 495 g/mol. The molecule has 0 saturated heterocycles. The van der Waals surface area contributed by atoms with E-state index in [2.05, 4.69) is 16.0 Å². The second kappa shape index (κ2) is 14.3. The zero-order chi connectivity index (χ0) is 26.5. The summed E-state index contributed by atoms with van der Waals surface area (Å²) in [6.45, 7) is -0.943. The van der Waals surface area contributed by atoms with Crippen molar-refractivity contribution < 1.29 is 44.1 Å². The van der Waals surface area contributed by atoms with Crippen LogP contribution in [0.5, 0.6) is 0 Å². The quantitative estimate of drug-likeness (QED) is 0.121. The highest BCUT2D eigenvalue weighted by atomic mass is 16.4. The molecule has 10 N–H and O–H groups in total. The van der Waals surface area contributed by atoms with Gasteiger partial charge in [-0.2, -0.15) is 0 Å². The number of carboxylic acids is 2. The minimum absolute atomic E-state index is 0.0745. The Balaban J connectivity index is 2.86. The number of nitrogens with two attached hydrogens (primary N) is 2. The Hall–Kier alpha value is -4.04. The molecule has 0 saturated carbocycles. The van der Waals surface area contributed by atoms with Crippen LogP contribution >= 0.6 is 0 Å². The van der Waals surface area contributed by atoms with Gasteiger partial charge in [0.1, 0.15) is 18.1 Å². The molecule has 1 aromatic rings. The van der Waals surface area contributed by atoms with E-state index in [9.17, 15) is 39.0 Å². The lowest BCUT2D eigenvalue weighted by molar-refractivity contribution is -0.143. The van der Waals surface area contributed by atoms with Crippen molar-refractivity contribution in [3.63, 3.8) is 0 Å². The topological polar surface area (TPSA) is 251 Å². The van der Waals surface area contributed by atoms with Crippen molar-refractivity contribution in [3.8, 4) is 0 Å². The molecule has 14 heteroatoms. The highest BCUT2D eigenvalue weighted by Crippen LogP contribution is 2.05. The molecule has 0 aliphatic carbocycles. The number of rotatable bonds is 15. The van der Waals surface area contributed by atoms with E-state index in [1.54, 1.807) is 30.3 Å². The molecule has 192 valence electrons. The number of hydrogen-bond acceptors (Lipinski definition) is 8. The lowest BCUT2D eigenvalue weighted by Gasteiger charge is -2.23. The summed E-state index contributed by atoms with van der Waals surface area (Å²) in [6, 6.07) is 2.44. The van der Waals surface area contributed by atoms with Crippen molar-refractivity contribution in [1.82, 2.24) is 16.0 Å². The Morgan fingerprint density at radius 3 is 1.89 bits per heavy atom. The summed E-state index contributed by atoms with van der Waals surface area (Å²) in [7, 11) is 0. The Kier molecular flexibility index (Phi) is 11.8. The number of aliphatic hydroxyl groups is 1. The number of aliphatic carboxylic acids is 2. The van der Waals surface area contributed by atoms with E-state index in [1.165, 1.54) is 0 Å². The number of amides is 4. The van der Waals surface area contributed by atoms with Crippen LogP contribution in [0.2, 0.25) is 0 Å². The van der Waals surface area contributed by atoms with Gasteiger partial charge in [-0.05, 0) is 12.0 Å². The molecule has 0 aliphatic rings. The summed E-state index contributed by atoms with van der Waals surface area (Å²) >= 11 is 0. The van der Waals surface area contributed by atoms with Crippen LogP contribution in [-0.4, -0.2) is 81.7 Å². The van der Waals surface area contributed by atoms with Gasteiger partial charge >= 0.3 is 11.9 Å². The number of benzene rings is 1. The van der Waals surface area contributed by atoms with E-state index in [4.69, 9.17) is 16.6 Å². The largest absolute Gasteiger partial charge is 0.481 e. The lowest BCUT2D eigenvalue weighted by atomic mass is 10.1. The standard InChI is InChI=1S/C21H29N5O9/c22-12(6-7-16(23)28)18(31)24-13(9-17(29)30)19(32)26-15(10-27)20(33)25-14(21(34)35)8-11-4-2-1-3-5-11/h1-5,12-15,27H,6-10,22H2,(H2,23,28)(H,24,31)(H,25,33)(H,26,32)(H,29,30)(H,34,35). The zero-order valence-electron chi connectivity index (χ0n) is 18.7. The molecule has 0 aromatic heterocycles. The molecule has 35 heavy (non-hydrogen) atoms. The maximum absolute atomic E-state index is 12.6. The predicted molar refractivity (Wildman–Crippen MR) is 119 cm³/mol. The molecule has 0 aliphatic heterocycles. The van der Waals surface area contributed by atoms with E-state index in [0.29, 0.717) is 5.56 Å². The number of primary amides is 1. The second-order valence-electron chi connectivity index (χ2n) is 7.60. The number of hydrogen-bond donors (Lipinski definition) is 8. The second-order valence-corrected chi connectivity index (χ2v) is 7.60. The Morgan fingerprint density at radius 1 is 0.829 bits per heavy atom. The summed E-state index contributed by atoms with van der Waals surface area (Å²) in [4.78, 5) is 70.8. The minimum Gasteiger partial charge on any atom is -0.481 e. The fourth-order valence-electron chi connectivity index (χ4n) is 2.88. The van der Waals surface area contributed by atoms with Crippen LogP contribution in [0.25, 0.3) is 0 Å². The van der Waals surface area contributed by atoms with Crippen molar-refractivity contribution in [1.29, 1.82) is 0 Å². The first-order chi connectivity index (χ1) is 16.4. The van der Waals surface area contributed by atoms with Gasteiger partial charge in [-0.3, -0.25) is 24.0 Å². The molecule has 0 fully saturated rings. The number of carbonyl (C=O) groups is 6. The van der Waals surface area contributed by atoms with Gasteiger partial charge in [0.15, 0.2) is 0 Å². The summed E-state index contributed by atoms with van der Waals surface area (Å²) in [5, 5.41) is 34.4. The normalized spacial score (nSPS) is 14.0. The van der Waals surface area contributed by atoms with Crippen molar-refractivity contribution in [2.24, 2.45) is 11.5 Å². The van der Waals surface area contributed by atoms with Gasteiger partial charge in [0.25, 0.3) is 0 Å². The number of nitrogens with one attached hydrogen (secondary N) is 3. The maximum atomic E-state index is 12.6. The zero-order valence-corrected chi connectivity index (χ0v) is 18.7. The van der Waals surface area contributed by atoms with Crippen LogP contribution in [0.15, 0.2) is 30.3 Å². The van der Waals surface area contributed by atoms with Crippen molar-refractivity contribution in [2.45, 2.75) is 49.9 Å². The van der Waals surface area contributed by atoms with Crippen molar-refractivity contribution in [3.05, 3.63) is 35.9 Å². The first-order valence-corrected chi connectivity index (χ1v) is 10.5. The smallest absolute Gasteiger partial charge is 0.326 e. The fourth-order valence-corrected chi connectivity index (χ4v) is 2.88. The summed E-state index contributed by atoms with van der Waals surface area (Å²) in [5.41, 5.74) is 11.2. The highest BCUT2D eigenvalue weighted by Gasteiger charge is 2.31. The van der Waals surface area contributed by atoms with Crippen LogP contribution in [-0.2, 0) is 35.2 Å². The third-order valence-corrected chi connectivity index (χ3v) is 4.76. The summed E-state index contributed by atoms with van der Waals surface area (Å²) < 4.78 is 0.